The van der Waals surface area contributed by atoms with Crippen molar-refractivity contribution < 1.29 is 24.4 Å². The Hall–Kier alpha value is -4.66. The number of nitro groups is 1. The third-order valence-electron chi connectivity index (χ3n) is 6.44. The number of anilines is 2. The fourth-order valence-electron chi connectivity index (χ4n) is 4.56. The average molecular weight is 502 g/mol. The molecule has 0 saturated carbocycles. The van der Waals surface area contributed by atoms with Gasteiger partial charge in [0.1, 0.15) is 11.5 Å². The molecule has 1 aliphatic heterocycles. The van der Waals surface area contributed by atoms with E-state index in [1.165, 1.54) is 36.3 Å². The summed E-state index contributed by atoms with van der Waals surface area (Å²) in [7, 11) is 1.51. The lowest BCUT2D eigenvalue weighted by Crippen LogP contribution is -2.29. The van der Waals surface area contributed by atoms with Crippen LogP contribution in [0.2, 0.25) is 0 Å². The number of rotatable bonds is 8. The molecule has 37 heavy (non-hydrogen) atoms. The van der Waals surface area contributed by atoms with Crippen molar-refractivity contribution in [3.63, 3.8) is 0 Å². The van der Waals surface area contributed by atoms with Gasteiger partial charge in [-0.3, -0.25) is 24.6 Å². The first-order valence-corrected chi connectivity index (χ1v) is 11.9. The standard InChI is InChI=1S/C28H27N3O6/c1-4-29(5-2)20-12-14-21(15-13-20)30-25(18-8-7-11-23(17-18)37-3)24(27(33)28(30)34)26(32)19-9-6-10-22(16-19)31(35)36/h6-17,25,32H,4-5H2,1-3H3/b26-24-. The highest BCUT2D eigenvalue weighted by Crippen LogP contribution is 2.43. The summed E-state index contributed by atoms with van der Waals surface area (Å²) >= 11 is 0. The molecule has 0 aliphatic carbocycles. The second kappa shape index (κ2) is 10.5. The highest BCUT2D eigenvalue weighted by molar-refractivity contribution is 6.51. The van der Waals surface area contributed by atoms with Gasteiger partial charge in [0.25, 0.3) is 17.4 Å². The fraction of sp³-hybridized carbons (Fsp3) is 0.214. The molecule has 1 N–H and O–H groups in total. The van der Waals surface area contributed by atoms with Crippen molar-refractivity contribution in [3.8, 4) is 5.75 Å². The molecular weight excluding hydrogens is 474 g/mol. The van der Waals surface area contributed by atoms with E-state index < -0.39 is 28.4 Å². The van der Waals surface area contributed by atoms with Crippen LogP contribution in [0.3, 0.4) is 0 Å². The first-order chi connectivity index (χ1) is 17.8. The van der Waals surface area contributed by atoms with Crippen LogP contribution >= 0.6 is 0 Å². The van der Waals surface area contributed by atoms with Gasteiger partial charge in [-0.2, -0.15) is 0 Å². The number of nitrogens with zero attached hydrogens (tertiary/aromatic N) is 3. The minimum atomic E-state index is -0.978. The molecule has 1 fully saturated rings. The number of amides is 1. The minimum absolute atomic E-state index is 0.0666. The summed E-state index contributed by atoms with van der Waals surface area (Å²) in [5.74, 6) is -1.67. The smallest absolute Gasteiger partial charge is 0.300 e. The van der Waals surface area contributed by atoms with Crippen molar-refractivity contribution in [2.24, 2.45) is 0 Å². The van der Waals surface area contributed by atoms with Crippen molar-refractivity contribution in [1.29, 1.82) is 0 Å². The number of Topliss-reactive ketones (excluding diaryl/α,β-unsaturated/α-hetero) is 1. The average Bonchev–Trinajstić information content (AvgIpc) is 3.19. The number of hydrogen-bond donors (Lipinski definition) is 1. The van der Waals surface area contributed by atoms with E-state index in [0.29, 0.717) is 17.0 Å². The van der Waals surface area contributed by atoms with Crippen molar-refractivity contribution in [2.75, 3.05) is 30.0 Å². The van der Waals surface area contributed by atoms with Crippen LogP contribution in [0, 0.1) is 10.1 Å². The van der Waals surface area contributed by atoms with Crippen LogP contribution in [0.25, 0.3) is 5.76 Å². The summed E-state index contributed by atoms with van der Waals surface area (Å²) < 4.78 is 5.35. The summed E-state index contributed by atoms with van der Waals surface area (Å²) in [6, 6.07) is 18.5. The molecule has 1 atom stereocenters. The Bertz CT molecular complexity index is 1380. The number of ether oxygens (including phenoxy) is 1. The van der Waals surface area contributed by atoms with Gasteiger partial charge < -0.3 is 14.7 Å². The minimum Gasteiger partial charge on any atom is -0.507 e. The maximum Gasteiger partial charge on any atom is 0.300 e. The van der Waals surface area contributed by atoms with E-state index >= 15 is 0 Å². The molecule has 1 saturated heterocycles. The van der Waals surface area contributed by atoms with Gasteiger partial charge in [0.05, 0.1) is 23.6 Å². The van der Waals surface area contributed by atoms with Gasteiger partial charge in [-0.1, -0.05) is 24.3 Å². The molecule has 4 rings (SSSR count). The molecule has 0 spiro atoms. The highest BCUT2D eigenvalue weighted by Gasteiger charge is 2.47. The number of methoxy groups -OCH3 is 1. The number of hydrogen-bond acceptors (Lipinski definition) is 7. The molecule has 0 bridgehead atoms. The number of aliphatic hydroxyl groups is 1. The van der Waals surface area contributed by atoms with E-state index in [1.54, 1.807) is 36.4 Å². The van der Waals surface area contributed by atoms with Gasteiger partial charge in [0.15, 0.2) is 0 Å². The molecule has 9 nitrogen and oxygen atoms in total. The van der Waals surface area contributed by atoms with Crippen molar-refractivity contribution in [3.05, 3.63) is 99.6 Å². The molecule has 1 heterocycles. The van der Waals surface area contributed by atoms with E-state index in [-0.39, 0.29) is 16.8 Å². The van der Waals surface area contributed by atoms with Crippen molar-refractivity contribution in [1.82, 2.24) is 0 Å². The quantitative estimate of drug-likeness (QED) is 0.151. The predicted molar refractivity (Wildman–Crippen MR) is 141 cm³/mol. The lowest BCUT2D eigenvalue weighted by Gasteiger charge is -2.27. The molecule has 1 unspecified atom stereocenters. The van der Waals surface area contributed by atoms with Gasteiger partial charge in [-0.25, -0.2) is 0 Å². The summed E-state index contributed by atoms with van der Waals surface area (Å²) in [6.07, 6.45) is 0. The van der Waals surface area contributed by atoms with E-state index in [1.807, 2.05) is 26.0 Å². The Morgan fingerprint density at radius 3 is 2.32 bits per heavy atom. The van der Waals surface area contributed by atoms with Gasteiger partial charge in [-0.15, -0.1) is 0 Å². The van der Waals surface area contributed by atoms with E-state index in [0.717, 1.165) is 18.8 Å². The predicted octanol–water partition coefficient (Wildman–Crippen LogP) is 5.08. The second-order valence-electron chi connectivity index (χ2n) is 8.44. The summed E-state index contributed by atoms with van der Waals surface area (Å²) in [5.41, 5.74) is 1.65. The Kier molecular flexibility index (Phi) is 7.24. The largest absolute Gasteiger partial charge is 0.507 e. The number of carbonyl (C=O) groups excluding carboxylic acids is 2. The number of ketones is 1. The zero-order chi connectivity index (χ0) is 26.7. The lowest BCUT2D eigenvalue weighted by atomic mass is 9.95. The third-order valence-corrected chi connectivity index (χ3v) is 6.44. The fourth-order valence-corrected chi connectivity index (χ4v) is 4.56. The summed E-state index contributed by atoms with van der Waals surface area (Å²) in [4.78, 5) is 40.9. The molecule has 190 valence electrons. The van der Waals surface area contributed by atoms with Crippen LogP contribution < -0.4 is 14.5 Å². The third kappa shape index (κ3) is 4.75. The second-order valence-corrected chi connectivity index (χ2v) is 8.44. The first-order valence-electron chi connectivity index (χ1n) is 11.9. The molecule has 1 aliphatic rings. The van der Waals surface area contributed by atoms with Crippen molar-refractivity contribution >= 4 is 34.5 Å². The number of nitro benzene ring substituents is 1. The summed E-state index contributed by atoms with van der Waals surface area (Å²) in [6.45, 7) is 5.72. The van der Waals surface area contributed by atoms with E-state index in [2.05, 4.69) is 4.90 Å². The Morgan fingerprint density at radius 2 is 1.70 bits per heavy atom. The van der Waals surface area contributed by atoms with Gasteiger partial charge >= 0.3 is 0 Å². The zero-order valence-corrected chi connectivity index (χ0v) is 20.7. The van der Waals surface area contributed by atoms with Crippen LogP contribution in [0.5, 0.6) is 5.75 Å². The molecular formula is C28H27N3O6. The number of benzene rings is 3. The van der Waals surface area contributed by atoms with Crippen LogP contribution in [0.1, 0.15) is 31.0 Å². The summed E-state index contributed by atoms with van der Waals surface area (Å²) in [5, 5.41) is 22.5. The normalized spacial score (nSPS) is 16.6. The Morgan fingerprint density at radius 1 is 1.03 bits per heavy atom. The maximum atomic E-state index is 13.4. The number of aliphatic hydroxyl groups excluding tert-OH is 1. The highest BCUT2D eigenvalue weighted by atomic mass is 16.6. The van der Waals surface area contributed by atoms with Gasteiger partial charge in [0, 0.05) is 42.2 Å². The van der Waals surface area contributed by atoms with Crippen LogP contribution in [-0.2, 0) is 9.59 Å². The van der Waals surface area contributed by atoms with E-state index in [9.17, 15) is 24.8 Å². The maximum absolute atomic E-state index is 13.4. The molecule has 1 amide bonds. The number of carbonyl (C=O) groups is 2. The van der Waals surface area contributed by atoms with E-state index in [4.69, 9.17) is 4.74 Å². The molecule has 0 aromatic heterocycles. The zero-order valence-electron chi connectivity index (χ0n) is 20.7. The van der Waals surface area contributed by atoms with Gasteiger partial charge in [-0.05, 0) is 55.8 Å². The Balaban J connectivity index is 1.90. The molecule has 9 heteroatoms. The van der Waals surface area contributed by atoms with Gasteiger partial charge in [0.2, 0.25) is 0 Å². The molecule has 0 radical (unpaired) electrons. The van der Waals surface area contributed by atoms with Crippen LogP contribution in [0.4, 0.5) is 17.1 Å². The Labute approximate surface area is 214 Å². The molecule has 3 aromatic carbocycles. The lowest BCUT2D eigenvalue weighted by molar-refractivity contribution is -0.384. The van der Waals surface area contributed by atoms with Crippen LogP contribution in [-0.4, -0.2) is 41.9 Å². The topological polar surface area (TPSA) is 113 Å². The van der Waals surface area contributed by atoms with Crippen molar-refractivity contribution in [2.45, 2.75) is 19.9 Å². The molecule has 3 aromatic rings. The van der Waals surface area contributed by atoms with Crippen LogP contribution in [0.15, 0.2) is 78.4 Å². The number of non-ortho nitro benzene ring substituents is 1. The monoisotopic (exact) mass is 501 g/mol. The SMILES string of the molecule is CCN(CC)c1ccc(N2C(=O)C(=O)/C(=C(\O)c3cccc([N+](=O)[O-])c3)C2c2cccc(OC)c2)cc1. The first kappa shape index (κ1) is 25.4.